The van der Waals surface area contributed by atoms with Crippen LogP contribution in [0.2, 0.25) is 0 Å². The van der Waals surface area contributed by atoms with Gasteiger partial charge in [-0.05, 0) is 23.8 Å². The third-order valence-electron chi connectivity index (χ3n) is 2.88. The maximum absolute atomic E-state index is 11.6. The lowest BCUT2D eigenvalue weighted by Crippen LogP contribution is -2.18. The van der Waals surface area contributed by atoms with Gasteiger partial charge in [0.25, 0.3) is 5.91 Å². The number of aromatic nitrogens is 1. The third-order valence-corrected chi connectivity index (χ3v) is 2.88. The molecule has 1 heterocycles. The fraction of sp³-hybridized carbons (Fsp3) is 0.200. The Morgan fingerprint density at radius 1 is 1.29 bits per heavy atom. The summed E-state index contributed by atoms with van der Waals surface area (Å²) in [7, 11) is 3.11. The average Bonchev–Trinajstić information content (AvgIpc) is 2.54. The number of nitrogens with two attached hydrogens (primary N) is 1. The number of nitrogens with one attached hydrogen (secondary N) is 1. The van der Waals surface area contributed by atoms with Crippen molar-refractivity contribution in [3.63, 3.8) is 0 Å². The molecule has 0 saturated heterocycles. The van der Waals surface area contributed by atoms with Crippen LogP contribution in [0.4, 0.5) is 0 Å². The van der Waals surface area contributed by atoms with Crippen LogP contribution in [0.15, 0.2) is 36.5 Å². The van der Waals surface area contributed by atoms with Gasteiger partial charge in [0, 0.05) is 25.9 Å². The van der Waals surface area contributed by atoms with E-state index in [1.54, 1.807) is 32.4 Å². The molecular formula is C15H17N3O3. The lowest BCUT2D eigenvalue weighted by Gasteiger charge is -2.12. The second-order valence-corrected chi connectivity index (χ2v) is 4.25. The molecule has 0 aliphatic heterocycles. The van der Waals surface area contributed by atoms with Gasteiger partial charge in [-0.3, -0.25) is 9.78 Å². The Morgan fingerprint density at radius 3 is 2.76 bits per heavy atom. The first kappa shape index (κ1) is 14.8. The number of hydrogen-bond acceptors (Lipinski definition) is 5. The summed E-state index contributed by atoms with van der Waals surface area (Å²) in [5, 5.41) is 2.51. The molecule has 2 aromatic rings. The van der Waals surface area contributed by atoms with E-state index >= 15 is 0 Å². The Bertz CT molecular complexity index is 644. The Labute approximate surface area is 122 Å². The minimum atomic E-state index is -0.272. The van der Waals surface area contributed by atoms with Crippen LogP contribution in [0.1, 0.15) is 16.1 Å². The summed E-state index contributed by atoms with van der Waals surface area (Å²) >= 11 is 0. The second-order valence-electron chi connectivity index (χ2n) is 4.25. The fourth-order valence-corrected chi connectivity index (χ4v) is 1.78. The van der Waals surface area contributed by atoms with Crippen molar-refractivity contribution in [2.24, 2.45) is 5.73 Å². The Morgan fingerprint density at radius 2 is 2.10 bits per heavy atom. The maximum atomic E-state index is 11.6. The van der Waals surface area contributed by atoms with Crippen LogP contribution in [0.25, 0.3) is 0 Å². The Hall–Kier alpha value is -2.60. The first-order chi connectivity index (χ1) is 10.2. The average molecular weight is 287 g/mol. The van der Waals surface area contributed by atoms with Crippen LogP contribution < -0.4 is 20.5 Å². The van der Waals surface area contributed by atoms with Crippen molar-refractivity contribution in [3.05, 3.63) is 47.8 Å². The largest absolute Gasteiger partial charge is 0.493 e. The number of ether oxygens (including phenoxy) is 2. The summed E-state index contributed by atoms with van der Waals surface area (Å²) in [6, 6.07) is 8.69. The molecule has 0 spiro atoms. The summed E-state index contributed by atoms with van der Waals surface area (Å²) in [4.78, 5) is 15.5. The molecule has 2 rings (SSSR count). The van der Waals surface area contributed by atoms with E-state index in [0.29, 0.717) is 23.8 Å². The lowest BCUT2D eigenvalue weighted by atomic mass is 10.2. The molecule has 0 unspecified atom stereocenters. The minimum Gasteiger partial charge on any atom is -0.493 e. The van der Waals surface area contributed by atoms with E-state index in [0.717, 1.165) is 5.56 Å². The highest BCUT2D eigenvalue weighted by molar-refractivity contribution is 5.92. The van der Waals surface area contributed by atoms with Crippen molar-refractivity contribution in [2.75, 3.05) is 14.2 Å². The van der Waals surface area contributed by atoms with Crippen LogP contribution in [-0.2, 0) is 6.54 Å². The van der Waals surface area contributed by atoms with Gasteiger partial charge in [-0.15, -0.1) is 0 Å². The molecule has 1 aromatic carbocycles. The number of amides is 1. The lowest BCUT2D eigenvalue weighted by molar-refractivity contribution is 0.0958. The smallest absolute Gasteiger partial charge is 0.269 e. The van der Waals surface area contributed by atoms with Gasteiger partial charge in [0.2, 0.25) is 0 Å². The van der Waals surface area contributed by atoms with Crippen molar-refractivity contribution in [1.29, 1.82) is 0 Å². The topological polar surface area (TPSA) is 86.5 Å². The van der Waals surface area contributed by atoms with E-state index in [2.05, 4.69) is 10.3 Å². The van der Waals surface area contributed by atoms with E-state index < -0.39 is 0 Å². The second kappa shape index (κ2) is 6.71. The standard InChI is InChI=1S/C15H17N3O3/c1-17-15(19)12-8-11(5-6-18-12)21-13-4-3-10(9-16)7-14(13)20-2/h3-8H,9,16H2,1-2H3,(H,17,19). The van der Waals surface area contributed by atoms with Gasteiger partial charge in [-0.1, -0.05) is 6.07 Å². The highest BCUT2D eigenvalue weighted by Crippen LogP contribution is 2.32. The van der Waals surface area contributed by atoms with Crippen LogP contribution in [0.5, 0.6) is 17.2 Å². The summed E-state index contributed by atoms with van der Waals surface area (Å²) in [5.74, 6) is 1.35. The SMILES string of the molecule is CNC(=O)c1cc(Oc2ccc(CN)cc2OC)ccn1. The molecule has 0 radical (unpaired) electrons. The molecule has 0 aliphatic rings. The first-order valence-electron chi connectivity index (χ1n) is 6.41. The van der Waals surface area contributed by atoms with Crippen molar-refractivity contribution < 1.29 is 14.3 Å². The van der Waals surface area contributed by atoms with Crippen molar-refractivity contribution in [2.45, 2.75) is 6.54 Å². The summed E-state index contributed by atoms with van der Waals surface area (Å²) < 4.78 is 11.0. The quantitative estimate of drug-likeness (QED) is 0.874. The summed E-state index contributed by atoms with van der Waals surface area (Å²) in [6.45, 7) is 0.423. The fourth-order valence-electron chi connectivity index (χ4n) is 1.78. The van der Waals surface area contributed by atoms with Crippen molar-refractivity contribution in [1.82, 2.24) is 10.3 Å². The van der Waals surface area contributed by atoms with Crippen LogP contribution in [0, 0.1) is 0 Å². The van der Waals surface area contributed by atoms with E-state index in [1.165, 1.54) is 6.20 Å². The Kier molecular flexibility index (Phi) is 4.73. The minimum absolute atomic E-state index is 0.272. The molecule has 1 aromatic heterocycles. The van der Waals surface area contributed by atoms with Gasteiger partial charge < -0.3 is 20.5 Å². The van der Waals surface area contributed by atoms with E-state index in [-0.39, 0.29) is 11.6 Å². The number of methoxy groups -OCH3 is 1. The highest BCUT2D eigenvalue weighted by Gasteiger charge is 2.10. The Balaban J connectivity index is 2.27. The first-order valence-corrected chi connectivity index (χ1v) is 6.41. The maximum Gasteiger partial charge on any atom is 0.269 e. The third kappa shape index (κ3) is 3.49. The number of hydrogen-bond donors (Lipinski definition) is 2. The predicted molar refractivity (Wildman–Crippen MR) is 78.6 cm³/mol. The van der Waals surface area contributed by atoms with Crippen LogP contribution >= 0.6 is 0 Å². The van der Waals surface area contributed by atoms with E-state index in [9.17, 15) is 4.79 Å². The number of carbonyl (C=O) groups excluding carboxylic acids is 1. The number of carbonyl (C=O) groups is 1. The number of pyridine rings is 1. The molecule has 3 N–H and O–H groups in total. The molecule has 1 amide bonds. The summed E-state index contributed by atoms with van der Waals surface area (Å²) in [6.07, 6.45) is 1.51. The normalized spacial score (nSPS) is 10.0. The number of rotatable bonds is 5. The molecule has 6 nitrogen and oxygen atoms in total. The number of benzene rings is 1. The molecule has 6 heteroatoms. The molecule has 0 atom stereocenters. The van der Waals surface area contributed by atoms with E-state index in [4.69, 9.17) is 15.2 Å². The van der Waals surface area contributed by atoms with Crippen LogP contribution in [0.3, 0.4) is 0 Å². The van der Waals surface area contributed by atoms with E-state index in [1.807, 2.05) is 12.1 Å². The zero-order valence-electron chi connectivity index (χ0n) is 11.9. The zero-order chi connectivity index (χ0) is 15.2. The van der Waals surface area contributed by atoms with Crippen molar-refractivity contribution in [3.8, 4) is 17.2 Å². The highest BCUT2D eigenvalue weighted by atomic mass is 16.5. The van der Waals surface area contributed by atoms with Crippen LogP contribution in [-0.4, -0.2) is 25.0 Å². The van der Waals surface area contributed by atoms with Gasteiger partial charge in [-0.2, -0.15) is 0 Å². The molecule has 0 saturated carbocycles. The monoisotopic (exact) mass is 287 g/mol. The van der Waals surface area contributed by atoms with Gasteiger partial charge in [0.1, 0.15) is 11.4 Å². The molecule has 110 valence electrons. The summed E-state index contributed by atoms with van der Waals surface area (Å²) in [5.41, 5.74) is 6.82. The molecule has 21 heavy (non-hydrogen) atoms. The van der Waals surface area contributed by atoms with Crippen molar-refractivity contribution >= 4 is 5.91 Å². The van der Waals surface area contributed by atoms with Gasteiger partial charge in [0.05, 0.1) is 7.11 Å². The molecule has 0 fully saturated rings. The molecule has 0 bridgehead atoms. The van der Waals surface area contributed by atoms with Gasteiger partial charge in [0.15, 0.2) is 11.5 Å². The predicted octanol–water partition coefficient (Wildman–Crippen LogP) is 1.70. The van der Waals surface area contributed by atoms with Gasteiger partial charge >= 0.3 is 0 Å². The number of nitrogens with zero attached hydrogens (tertiary/aromatic N) is 1. The molecule has 0 aliphatic carbocycles. The zero-order valence-corrected chi connectivity index (χ0v) is 11.9. The molecular weight excluding hydrogens is 270 g/mol. The van der Waals surface area contributed by atoms with Gasteiger partial charge in [-0.25, -0.2) is 0 Å².